The van der Waals surface area contributed by atoms with Crippen molar-refractivity contribution in [2.24, 2.45) is 11.8 Å². The van der Waals surface area contributed by atoms with E-state index in [4.69, 9.17) is 4.74 Å². The number of allylic oxidation sites excluding steroid dienone is 1. The van der Waals surface area contributed by atoms with E-state index in [0.29, 0.717) is 12.5 Å². The molecule has 0 saturated heterocycles. The maximum Gasteiger partial charge on any atom is 0.310 e. The summed E-state index contributed by atoms with van der Waals surface area (Å²) in [6.07, 6.45) is 2.26. The smallest absolute Gasteiger partial charge is 0.310 e. The van der Waals surface area contributed by atoms with Crippen LogP contribution in [0.25, 0.3) is 0 Å². The fourth-order valence-corrected chi connectivity index (χ4v) is 3.53. The van der Waals surface area contributed by atoms with Gasteiger partial charge in [-0.05, 0) is 25.3 Å². The van der Waals surface area contributed by atoms with Gasteiger partial charge in [-0.1, -0.05) is 61.2 Å². The van der Waals surface area contributed by atoms with E-state index in [0.717, 1.165) is 0 Å². The summed E-state index contributed by atoms with van der Waals surface area (Å²) in [5.74, 6) is 0.546. The molecule has 114 valence electrons. The van der Waals surface area contributed by atoms with Gasteiger partial charge < -0.3 is 4.74 Å². The van der Waals surface area contributed by atoms with E-state index in [1.54, 1.807) is 0 Å². The number of ether oxygens (including phenoxy) is 1. The molecule has 0 radical (unpaired) electrons. The summed E-state index contributed by atoms with van der Waals surface area (Å²) in [6, 6.07) is 8.54. The van der Waals surface area contributed by atoms with Gasteiger partial charge in [0.1, 0.15) is 0 Å². The number of hydrogen-bond donors (Lipinski definition) is 0. The molecule has 0 aliphatic heterocycles. The largest absolute Gasteiger partial charge is 0.466 e. The van der Waals surface area contributed by atoms with Crippen LogP contribution < -0.4 is 0 Å². The SMILES string of the molecule is CCOC(=O)[C@@H]1[C@@H](/C=C/[Si](C)(C)C)[C@H]1c1ccc(C)cc1. The second kappa shape index (κ2) is 6.18. The minimum absolute atomic E-state index is 0.000237. The molecule has 1 aliphatic carbocycles. The Hall–Kier alpha value is -1.35. The van der Waals surface area contributed by atoms with E-state index in [9.17, 15) is 4.79 Å². The second-order valence-electron chi connectivity index (χ2n) is 7.02. The van der Waals surface area contributed by atoms with Crippen LogP contribution in [0.15, 0.2) is 36.0 Å². The monoisotopic (exact) mass is 302 g/mol. The first-order valence-electron chi connectivity index (χ1n) is 7.76. The molecule has 2 rings (SSSR count). The zero-order valence-electron chi connectivity index (χ0n) is 13.7. The van der Waals surface area contributed by atoms with Gasteiger partial charge in [0.05, 0.1) is 20.6 Å². The highest BCUT2D eigenvalue weighted by atomic mass is 28.3. The fourth-order valence-electron chi connectivity index (χ4n) is 2.73. The van der Waals surface area contributed by atoms with Crippen molar-refractivity contribution in [3.63, 3.8) is 0 Å². The van der Waals surface area contributed by atoms with E-state index in [2.05, 4.69) is 62.6 Å². The minimum atomic E-state index is -1.24. The van der Waals surface area contributed by atoms with Crippen LogP contribution in [0.4, 0.5) is 0 Å². The Morgan fingerprint density at radius 1 is 1.24 bits per heavy atom. The van der Waals surface area contributed by atoms with Crippen molar-refractivity contribution in [2.75, 3.05) is 6.61 Å². The highest BCUT2D eigenvalue weighted by Gasteiger charge is 2.54. The zero-order chi connectivity index (χ0) is 15.6. The average Bonchev–Trinajstić information content (AvgIpc) is 3.11. The van der Waals surface area contributed by atoms with Crippen molar-refractivity contribution in [3.05, 3.63) is 47.2 Å². The zero-order valence-corrected chi connectivity index (χ0v) is 14.7. The molecule has 0 spiro atoms. The quantitative estimate of drug-likeness (QED) is 0.598. The number of carbonyl (C=O) groups excluding carboxylic acids is 1. The Morgan fingerprint density at radius 2 is 1.86 bits per heavy atom. The first kappa shape index (κ1) is 16.0. The molecule has 0 amide bonds. The summed E-state index contributed by atoms with van der Waals surface area (Å²) >= 11 is 0. The normalized spacial score (nSPS) is 25.1. The topological polar surface area (TPSA) is 26.3 Å². The van der Waals surface area contributed by atoms with Gasteiger partial charge in [0.15, 0.2) is 0 Å². The van der Waals surface area contributed by atoms with Gasteiger partial charge in [-0.3, -0.25) is 4.79 Å². The molecule has 1 aromatic carbocycles. The van der Waals surface area contributed by atoms with Crippen molar-refractivity contribution in [2.45, 2.75) is 39.4 Å². The van der Waals surface area contributed by atoms with Crippen LogP contribution in [0.1, 0.15) is 24.0 Å². The lowest BCUT2D eigenvalue weighted by Crippen LogP contribution is -2.15. The molecule has 0 aromatic heterocycles. The molecule has 0 unspecified atom stereocenters. The lowest BCUT2D eigenvalue weighted by atomic mass is 10.1. The summed E-state index contributed by atoms with van der Waals surface area (Å²) in [5.41, 5.74) is 4.85. The predicted molar refractivity (Wildman–Crippen MR) is 90.0 cm³/mol. The molecular formula is C18H26O2Si. The minimum Gasteiger partial charge on any atom is -0.466 e. The number of esters is 1. The molecule has 1 aliphatic rings. The summed E-state index contributed by atoms with van der Waals surface area (Å²) in [5, 5.41) is 0. The molecule has 1 saturated carbocycles. The molecule has 3 atom stereocenters. The third kappa shape index (κ3) is 4.07. The Bertz CT molecular complexity index is 525. The number of rotatable bonds is 5. The first-order valence-corrected chi connectivity index (χ1v) is 11.3. The predicted octanol–water partition coefficient (Wildman–Crippen LogP) is 4.32. The average molecular weight is 302 g/mol. The van der Waals surface area contributed by atoms with Crippen molar-refractivity contribution in [3.8, 4) is 0 Å². The lowest BCUT2D eigenvalue weighted by Gasteiger charge is -2.07. The van der Waals surface area contributed by atoms with E-state index in [1.165, 1.54) is 11.1 Å². The maximum atomic E-state index is 12.1. The molecule has 21 heavy (non-hydrogen) atoms. The van der Waals surface area contributed by atoms with Gasteiger partial charge in [-0.2, -0.15) is 0 Å². The highest BCUT2D eigenvalue weighted by Crippen LogP contribution is 2.55. The molecule has 0 bridgehead atoms. The van der Waals surface area contributed by atoms with Crippen LogP contribution in [0.2, 0.25) is 19.6 Å². The Balaban J connectivity index is 2.18. The van der Waals surface area contributed by atoms with Crippen LogP contribution in [0, 0.1) is 18.8 Å². The number of aryl methyl sites for hydroxylation is 1. The van der Waals surface area contributed by atoms with E-state index in [1.807, 2.05) is 6.92 Å². The molecule has 2 nitrogen and oxygen atoms in total. The van der Waals surface area contributed by atoms with Crippen LogP contribution >= 0.6 is 0 Å². The number of benzene rings is 1. The fraction of sp³-hybridized carbons (Fsp3) is 0.500. The molecule has 3 heteroatoms. The molecule has 0 N–H and O–H groups in total. The van der Waals surface area contributed by atoms with Crippen molar-refractivity contribution in [1.29, 1.82) is 0 Å². The van der Waals surface area contributed by atoms with Crippen LogP contribution in [0.3, 0.4) is 0 Å². The third-order valence-corrected chi connectivity index (χ3v) is 5.11. The second-order valence-corrected chi connectivity index (χ2v) is 12.1. The Morgan fingerprint density at radius 3 is 2.38 bits per heavy atom. The van der Waals surface area contributed by atoms with Crippen molar-refractivity contribution >= 4 is 14.0 Å². The van der Waals surface area contributed by atoms with Gasteiger partial charge in [-0.15, -0.1) is 0 Å². The van der Waals surface area contributed by atoms with Crippen molar-refractivity contribution in [1.82, 2.24) is 0 Å². The maximum absolute atomic E-state index is 12.1. The lowest BCUT2D eigenvalue weighted by molar-refractivity contribution is -0.145. The standard InChI is InChI=1S/C18H26O2Si/c1-6-20-18(19)17-15(11-12-21(3,4)5)16(17)14-9-7-13(2)8-10-14/h7-12,15-17H,6H2,1-5H3/b12-11+/t15-,16+,17+/m0/s1. The van der Waals surface area contributed by atoms with Gasteiger partial charge in [0.2, 0.25) is 0 Å². The molecule has 1 aromatic rings. The Labute approximate surface area is 129 Å². The van der Waals surface area contributed by atoms with Gasteiger partial charge >= 0.3 is 5.97 Å². The molecule has 1 fully saturated rings. The Kier molecular flexibility index (Phi) is 4.72. The summed E-state index contributed by atoms with van der Waals surface area (Å²) < 4.78 is 5.24. The number of hydrogen-bond acceptors (Lipinski definition) is 2. The van der Waals surface area contributed by atoms with Gasteiger partial charge in [-0.25, -0.2) is 0 Å². The van der Waals surface area contributed by atoms with E-state index < -0.39 is 8.07 Å². The van der Waals surface area contributed by atoms with Crippen LogP contribution in [0.5, 0.6) is 0 Å². The summed E-state index contributed by atoms with van der Waals surface area (Å²) in [6.45, 7) is 11.3. The van der Waals surface area contributed by atoms with Gasteiger partial charge in [0.25, 0.3) is 0 Å². The summed E-state index contributed by atoms with van der Waals surface area (Å²) in [7, 11) is -1.24. The van der Waals surface area contributed by atoms with Crippen LogP contribution in [-0.2, 0) is 9.53 Å². The third-order valence-electron chi connectivity index (χ3n) is 3.91. The van der Waals surface area contributed by atoms with Gasteiger partial charge in [0, 0.05) is 5.92 Å². The summed E-state index contributed by atoms with van der Waals surface area (Å²) in [4.78, 5) is 12.1. The van der Waals surface area contributed by atoms with Crippen molar-refractivity contribution < 1.29 is 9.53 Å². The molecule has 0 heterocycles. The van der Waals surface area contributed by atoms with Crippen LogP contribution in [-0.4, -0.2) is 20.7 Å². The first-order chi connectivity index (χ1) is 9.83. The number of carbonyl (C=O) groups is 1. The van der Waals surface area contributed by atoms with E-state index >= 15 is 0 Å². The highest BCUT2D eigenvalue weighted by molar-refractivity contribution is 6.80. The molecular weight excluding hydrogens is 276 g/mol. The van der Waals surface area contributed by atoms with E-state index in [-0.39, 0.29) is 17.8 Å².